The van der Waals surface area contributed by atoms with Gasteiger partial charge < -0.3 is 9.47 Å². The summed E-state index contributed by atoms with van der Waals surface area (Å²) in [6, 6.07) is 6.21. The first-order valence-corrected chi connectivity index (χ1v) is 7.80. The zero-order valence-electron chi connectivity index (χ0n) is 12.9. The van der Waals surface area contributed by atoms with Crippen LogP contribution in [0, 0.1) is 11.8 Å². The molecule has 0 radical (unpaired) electrons. The summed E-state index contributed by atoms with van der Waals surface area (Å²) in [6.45, 7) is 0.855. The predicted octanol–water partition coefficient (Wildman–Crippen LogP) is 4.97. The first-order chi connectivity index (χ1) is 10.5. The fourth-order valence-corrected chi connectivity index (χ4v) is 3.15. The van der Waals surface area contributed by atoms with E-state index in [9.17, 15) is 13.2 Å². The summed E-state index contributed by atoms with van der Waals surface area (Å²) in [5, 5.41) is 0. The van der Waals surface area contributed by atoms with E-state index in [2.05, 4.69) is 4.74 Å². The fourth-order valence-electron chi connectivity index (χ4n) is 3.15. The third-order valence-electron chi connectivity index (χ3n) is 4.37. The molecule has 1 saturated carbocycles. The summed E-state index contributed by atoms with van der Waals surface area (Å²) in [5.74, 6) is 1.26. The molecular weight excluding hydrogens is 293 g/mol. The van der Waals surface area contributed by atoms with E-state index in [1.54, 1.807) is 19.2 Å². The zero-order chi connectivity index (χ0) is 16.0. The van der Waals surface area contributed by atoms with Crippen LogP contribution in [0.5, 0.6) is 5.75 Å². The van der Waals surface area contributed by atoms with Gasteiger partial charge in [0.2, 0.25) is 0 Å². The normalized spacial score (nSPS) is 22.5. The molecule has 5 heteroatoms. The van der Waals surface area contributed by atoms with Crippen LogP contribution in [-0.2, 0) is 11.2 Å². The Morgan fingerprint density at radius 2 is 1.59 bits per heavy atom. The lowest BCUT2D eigenvalue weighted by atomic mass is 9.80. The van der Waals surface area contributed by atoms with Crippen LogP contribution in [0.15, 0.2) is 24.3 Å². The zero-order valence-corrected chi connectivity index (χ0v) is 12.9. The van der Waals surface area contributed by atoms with Crippen molar-refractivity contribution in [2.45, 2.75) is 44.9 Å². The Bertz CT molecular complexity index is 434. The van der Waals surface area contributed by atoms with Crippen molar-refractivity contribution in [3.63, 3.8) is 0 Å². The van der Waals surface area contributed by atoms with Crippen molar-refractivity contribution in [2.24, 2.45) is 11.8 Å². The lowest BCUT2D eigenvalue weighted by molar-refractivity contribution is -0.274. The van der Waals surface area contributed by atoms with Crippen molar-refractivity contribution in [1.82, 2.24) is 0 Å². The van der Waals surface area contributed by atoms with Crippen LogP contribution in [-0.4, -0.2) is 20.1 Å². The minimum absolute atomic E-state index is 0.156. The highest BCUT2D eigenvalue weighted by Gasteiger charge is 2.31. The van der Waals surface area contributed by atoms with Crippen LogP contribution in [0.3, 0.4) is 0 Å². The fraction of sp³-hybridized carbons (Fsp3) is 0.647. The average Bonchev–Trinajstić information content (AvgIpc) is 2.47. The molecule has 1 aromatic rings. The average molecular weight is 316 g/mol. The van der Waals surface area contributed by atoms with Crippen molar-refractivity contribution in [2.75, 3.05) is 13.7 Å². The minimum Gasteiger partial charge on any atom is -0.406 e. The van der Waals surface area contributed by atoms with Crippen molar-refractivity contribution < 1.29 is 22.6 Å². The molecule has 0 aromatic heterocycles. The SMILES string of the molecule is COCC1CCC(CCc2ccc(OC(F)(F)F)cc2)CC1. The Hall–Kier alpha value is -1.23. The number of aryl methyl sites for hydroxylation is 1. The van der Waals surface area contributed by atoms with Crippen molar-refractivity contribution in [3.05, 3.63) is 29.8 Å². The monoisotopic (exact) mass is 316 g/mol. The molecule has 0 unspecified atom stereocenters. The molecule has 0 saturated heterocycles. The molecule has 1 fully saturated rings. The number of hydrogen-bond donors (Lipinski definition) is 0. The van der Waals surface area contributed by atoms with Gasteiger partial charge in [0.1, 0.15) is 5.75 Å². The number of ether oxygens (including phenoxy) is 2. The van der Waals surface area contributed by atoms with Crippen LogP contribution in [0.1, 0.15) is 37.7 Å². The smallest absolute Gasteiger partial charge is 0.406 e. The van der Waals surface area contributed by atoms with E-state index in [0.29, 0.717) is 5.92 Å². The first kappa shape index (κ1) is 17.1. The highest BCUT2D eigenvalue weighted by molar-refractivity contribution is 5.27. The van der Waals surface area contributed by atoms with Gasteiger partial charge >= 0.3 is 6.36 Å². The summed E-state index contributed by atoms with van der Waals surface area (Å²) in [7, 11) is 1.75. The number of rotatable bonds is 6. The summed E-state index contributed by atoms with van der Waals surface area (Å²) < 4.78 is 45.3. The quantitative estimate of drug-likeness (QED) is 0.737. The van der Waals surface area contributed by atoms with E-state index in [0.717, 1.165) is 30.9 Å². The predicted molar refractivity (Wildman–Crippen MR) is 78.8 cm³/mol. The van der Waals surface area contributed by atoms with E-state index < -0.39 is 6.36 Å². The highest BCUT2D eigenvalue weighted by atomic mass is 19.4. The minimum atomic E-state index is -4.62. The molecule has 2 nitrogen and oxygen atoms in total. The molecule has 2 rings (SSSR count). The van der Waals surface area contributed by atoms with E-state index >= 15 is 0 Å². The van der Waals surface area contributed by atoms with Gasteiger partial charge in [-0.2, -0.15) is 0 Å². The lowest BCUT2D eigenvalue weighted by Gasteiger charge is -2.28. The van der Waals surface area contributed by atoms with Crippen LogP contribution >= 0.6 is 0 Å². The van der Waals surface area contributed by atoms with E-state index in [-0.39, 0.29) is 5.75 Å². The van der Waals surface area contributed by atoms with Crippen LogP contribution in [0.2, 0.25) is 0 Å². The Morgan fingerprint density at radius 1 is 1.00 bits per heavy atom. The molecule has 1 aliphatic carbocycles. The standard InChI is InChI=1S/C17H23F3O2/c1-21-12-15-6-4-13(5-7-15)2-3-14-8-10-16(11-9-14)22-17(18,19)20/h8-11,13,15H,2-7,12H2,1H3. The maximum absolute atomic E-state index is 12.1. The number of hydrogen-bond acceptors (Lipinski definition) is 2. The number of alkyl halides is 3. The molecule has 22 heavy (non-hydrogen) atoms. The van der Waals surface area contributed by atoms with Crippen LogP contribution in [0.4, 0.5) is 13.2 Å². The Kier molecular flexibility index (Phi) is 6.12. The van der Waals surface area contributed by atoms with Gasteiger partial charge in [-0.3, -0.25) is 0 Å². The number of methoxy groups -OCH3 is 1. The molecule has 0 N–H and O–H groups in total. The van der Waals surface area contributed by atoms with Gasteiger partial charge in [-0.1, -0.05) is 25.0 Å². The van der Waals surface area contributed by atoms with Gasteiger partial charge in [-0.15, -0.1) is 13.2 Å². The Morgan fingerprint density at radius 3 is 2.14 bits per heavy atom. The summed E-state index contributed by atoms with van der Waals surface area (Å²) in [5.41, 5.74) is 1.06. The summed E-state index contributed by atoms with van der Waals surface area (Å²) in [4.78, 5) is 0. The van der Waals surface area contributed by atoms with Gasteiger partial charge in [0.15, 0.2) is 0 Å². The molecule has 1 aromatic carbocycles. The van der Waals surface area contributed by atoms with E-state index in [4.69, 9.17) is 4.74 Å². The maximum Gasteiger partial charge on any atom is 0.573 e. The Balaban J connectivity index is 1.73. The molecule has 0 amide bonds. The first-order valence-electron chi connectivity index (χ1n) is 7.80. The van der Waals surface area contributed by atoms with Crippen molar-refractivity contribution in [1.29, 1.82) is 0 Å². The topological polar surface area (TPSA) is 18.5 Å². The van der Waals surface area contributed by atoms with Crippen molar-refractivity contribution >= 4 is 0 Å². The van der Waals surface area contributed by atoms with Gasteiger partial charge in [0.05, 0.1) is 0 Å². The third kappa shape index (κ3) is 5.87. The number of halogens is 3. The largest absolute Gasteiger partial charge is 0.573 e. The molecule has 0 atom stereocenters. The molecule has 0 aliphatic heterocycles. The molecular formula is C17H23F3O2. The molecule has 124 valence electrons. The van der Waals surface area contributed by atoms with Crippen LogP contribution in [0.25, 0.3) is 0 Å². The highest BCUT2D eigenvalue weighted by Crippen LogP contribution is 2.32. The molecule has 0 bridgehead atoms. The Labute approximate surface area is 129 Å². The third-order valence-corrected chi connectivity index (χ3v) is 4.37. The van der Waals surface area contributed by atoms with Gasteiger partial charge in [-0.25, -0.2) is 0 Å². The van der Waals surface area contributed by atoms with Crippen LogP contribution < -0.4 is 4.74 Å². The molecule has 0 spiro atoms. The van der Waals surface area contributed by atoms with Gasteiger partial charge in [0, 0.05) is 13.7 Å². The second-order valence-corrected chi connectivity index (χ2v) is 6.07. The van der Waals surface area contributed by atoms with Gasteiger partial charge in [0.25, 0.3) is 0 Å². The second-order valence-electron chi connectivity index (χ2n) is 6.07. The van der Waals surface area contributed by atoms with E-state index in [1.807, 2.05) is 0 Å². The lowest BCUT2D eigenvalue weighted by Crippen LogP contribution is -2.18. The maximum atomic E-state index is 12.1. The van der Waals surface area contributed by atoms with E-state index in [1.165, 1.54) is 37.8 Å². The van der Waals surface area contributed by atoms with Gasteiger partial charge in [-0.05, 0) is 55.2 Å². The summed E-state index contributed by atoms with van der Waals surface area (Å²) in [6.07, 6.45) is 2.27. The number of benzene rings is 1. The summed E-state index contributed by atoms with van der Waals surface area (Å²) >= 11 is 0. The van der Waals surface area contributed by atoms with Crippen molar-refractivity contribution in [3.8, 4) is 5.75 Å². The molecule has 1 aliphatic rings. The molecule has 0 heterocycles. The second kappa shape index (κ2) is 7.86.